The molecule has 0 aliphatic carbocycles. The topological polar surface area (TPSA) is 43.1 Å². The van der Waals surface area contributed by atoms with E-state index >= 15 is 0 Å². The molecular weight excluding hydrogens is 166 g/mol. The third kappa shape index (κ3) is 2.71. The van der Waals surface area contributed by atoms with Crippen LogP contribution in [0.4, 0.5) is 0 Å². The molecule has 0 N–H and O–H groups in total. The first-order valence-electron chi connectivity index (χ1n) is 4.14. The average molecular weight is 177 g/mol. The molecule has 1 rings (SSSR count). The summed E-state index contributed by atoms with van der Waals surface area (Å²) >= 11 is 0. The van der Waals surface area contributed by atoms with Gasteiger partial charge in [0.05, 0.1) is 4.92 Å². The van der Waals surface area contributed by atoms with Crippen molar-refractivity contribution in [3.05, 3.63) is 51.7 Å². The molecule has 0 bridgehead atoms. The summed E-state index contributed by atoms with van der Waals surface area (Å²) in [6, 6.07) is 9.30. The number of nitro groups is 1. The molecular formula is C10H11NO2. The lowest BCUT2D eigenvalue weighted by atomic mass is 10.2. The van der Waals surface area contributed by atoms with Gasteiger partial charge in [0, 0.05) is 12.5 Å². The van der Waals surface area contributed by atoms with Crippen LogP contribution in [-0.4, -0.2) is 4.92 Å². The molecule has 0 radical (unpaired) electrons. The monoisotopic (exact) mass is 177 g/mol. The summed E-state index contributed by atoms with van der Waals surface area (Å²) in [4.78, 5) is 10.1. The molecule has 0 amide bonds. The van der Waals surface area contributed by atoms with Crippen LogP contribution >= 0.6 is 0 Å². The highest BCUT2D eigenvalue weighted by molar-refractivity contribution is 5.50. The van der Waals surface area contributed by atoms with Crippen LogP contribution in [0.2, 0.25) is 0 Å². The van der Waals surface area contributed by atoms with Crippen molar-refractivity contribution in [2.45, 2.75) is 13.3 Å². The third-order valence-electron chi connectivity index (χ3n) is 1.73. The Morgan fingerprint density at radius 2 is 2.08 bits per heavy atom. The molecule has 0 unspecified atom stereocenters. The van der Waals surface area contributed by atoms with Gasteiger partial charge in [-0.05, 0) is 5.56 Å². The lowest BCUT2D eigenvalue weighted by Gasteiger charge is -1.94. The summed E-state index contributed by atoms with van der Waals surface area (Å²) in [6.07, 6.45) is 2.04. The summed E-state index contributed by atoms with van der Waals surface area (Å²) in [5, 5.41) is 10.5. The molecule has 1 aromatic rings. The Morgan fingerprint density at radius 3 is 2.54 bits per heavy atom. The van der Waals surface area contributed by atoms with Crippen molar-refractivity contribution < 1.29 is 4.92 Å². The Labute approximate surface area is 76.9 Å². The van der Waals surface area contributed by atoms with E-state index in [1.165, 1.54) is 0 Å². The van der Waals surface area contributed by atoms with Crippen LogP contribution in [0.3, 0.4) is 0 Å². The van der Waals surface area contributed by atoms with Gasteiger partial charge in [-0.3, -0.25) is 10.1 Å². The highest BCUT2D eigenvalue weighted by Crippen LogP contribution is 2.09. The quantitative estimate of drug-likeness (QED) is 0.526. The van der Waals surface area contributed by atoms with Crippen molar-refractivity contribution in [3.63, 3.8) is 0 Å². The number of nitrogens with zero attached hydrogens (tertiary/aromatic N) is 1. The van der Waals surface area contributed by atoms with Gasteiger partial charge in [-0.1, -0.05) is 37.3 Å². The maximum absolute atomic E-state index is 10.5. The fourth-order valence-electron chi connectivity index (χ4n) is 1.03. The van der Waals surface area contributed by atoms with Gasteiger partial charge in [0.25, 0.3) is 0 Å². The Kier molecular flexibility index (Phi) is 3.20. The van der Waals surface area contributed by atoms with Crippen LogP contribution in [0.15, 0.2) is 36.0 Å². The van der Waals surface area contributed by atoms with Crippen LogP contribution in [0, 0.1) is 10.1 Å². The Hall–Kier alpha value is -1.64. The van der Waals surface area contributed by atoms with E-state index in [4.69, 9.17) is 0 Å². The molecule has 3 nitrogen and oxygen atoms in total. The average Bonchev–Trinajstić information content (AvgIpc) is 2.15. The smallest absolute Gasteiger partial charge is 0.246 e. The Morgan fingerprint density at radius 1 is 1.46 bits per heavy atom. The summed E-state index contributed by atoms with van der Waals surface area (Å²) in [7, 11) is 0. The zero-order chi connectivity index (χ0) is 9.68. The first-order chi connectivity index (χ1) is 6.24. The summed E-state index contributed by atoms with van der Waals surface area (Å²) in [5.74, 6) is 0. The largest absolute Gasteiger partial charge is 0.259 e. The number of allylic oxidation sites excluding steroid dienone is 1. The minimum atomic E-state index is -0.340. The van der Waals surface area contributed by atoms with Crippen LogP contribution in [0.1, 0.15) is 18.9 Å². The lowest BCUT2D eigenvalue weighted by Crippen LogP contribution is -1.96. The Bertz CT molecular complexity index is 317. The van der Waals surface area contributed by atoms with Gasteiger partial charge in [-0.25, -0.2) is 0 Å². The van der Waals surface area contributed by atoms with E-state index in [1.54, 1.807) is 13.0 Å². The fourth-order valence-corrected chi connectivity index (χ4v) is 1.03. The molecule has 13 heavy (non-hydrogen) atoms. The normalized spacial score (nSPS) is 11.3. The van der Waals surface area contributed by atoms with Gasteiger partial charge in [-0.2, -0.15) is 0 Å². The maximum atomic E-state index is 10.5. The number of hydrogen-bond acceptors (Lipinski definition) is 2. The summed E-state index contributed by atoms with van der Waals surface area (Å²) < 4.78 is 0. The zero-order valence-electron chi connectivity index (χ0n) is 7.43. The van der Waals surface area contributed by atoms with Crippen LogP contribution in [0.25, 0.3) is 6.08 Å². The van der Waals surface area contributed by atoms with Crippen LogP contribution in [-0.2, 0) is 0 Å². The van der Waals surface area contributed by atoms with Crippen LogP contribution < -0.4 is 0 Å². The van der Waals surface area contributed by atoms with E-state index in [9.17, 15) is 10.1 Å². The lowest BCUT2D eigenvalue weighted by molar-refractivity contribution is -0.425. The van der Waals surface area contributed by atoms with Crippen molar-refractivity contribution in [3.8, 4) is 0 Å². The van der Waals surface area contributed by atoms with E-state index < -0.39 is 0 Å². The molecule has 0 aromatic heterocycles. The molecule has 0 saturated carbocycles. The molecule has 0 spiro atoms. The maximum Gasteiger partial charge on any atom is 0.246 e. The van der Waals surface area contributed by atoms with Crippen molar-refractivity contribution in [1.29, 1.82) is 0 Å². The van der Waals surface area contributed by atoms with Crippen molar-refractivity contribution in [2.24, 2.45) is 0 Å². The van der Waals surface area contributed by atoms with Gasteiger partial charge in [0.1, 0.15) is 0 Å². The van der Waals surface area contributed by atoms with Crippen LogP contribution in [0.5, 0.6) is 0 Å². The van der Waals surface area contributed by atoms with Gasteiger partial charge in [0.15, 0.2) is 0 Å². The van der Waals surface area contributed by atoms with Crippen molar-refractivity contribution in [1.82, 2.24) is 0 Å². The molecule has 0 atom stereocenters. The second-order valence-corrected chi connectivity index (χ2v) is 2.66. The van der Waals surface area contributed by atoms with Crippen molar-refractivity contribution >= 4 is 6.08 Å². The molecule has 0 fully saturated rings. The summed E-state index contributed by atoms with van der Waals surface area (Å²) in [5.41, 5.74) is 1.11. The zero-order valence-corrected chi connectivity index (χ0v) is 7.43. The predicted octanol–water partition coefficient (Wildman–Crippen LogP) is 2.71. The molecule has 0 aliphatic heterocycles. The first-order valence-corrected chi connectivity index (χ1v) is 4.14. The van der Waals surface area contributed by atoms with E-state index in [1.807, 2.05) is 30.3 Å². The second-order valence-electron chi connectivity index (χ2n) is 2.66. The molecule has 0 aliphatic rings. The van der Waals surface area contributed by atoms with E-state index in [2.05, 4.69) is 0 Å². The minimum Gasteiger partial charge on any atom is -0.259 e. The molecule has 0 heterocycles. The minimum absolute atomic E-state index is 0.242. The number of rotatable bonds is 3. The molecule has 68 valence electrons. The highest BCUT2D eigenvalue weighted by Gasteiger charge is 2.05. The highest BCUT2D eigenvalue weighted by atomic mass is 16.6. The standard InChI is InChI=1S/C10H11NO2/c1-2-10(11(12)13)8-9-6-4-3-5-7-9/h3-8H,2H2,1H3/b10-8+. The fraction of sp³-hybridized carbons (Fsp3) is 0.200. The van der Waals surface area contributed by atoms with E-state index in [0.29, 0.717) is 6.42 Å². The van der Waals surface area contributed by atoms with Gasteiger partial charge >= 0.3 is 0 Å². The SMILES string of the molecule is CC/C(=C\c1ccccc1)[N+](=O)[O-]. The van der Waals surface area contributed by atoms with Gasteiger partial charge in [0.2, 0.25) is 5.70 Å². The van der Waals surface area contributed by atoms with Crippen molar-refractivity contribution in [2.75, 3.05) is 0 Å². The van der Waals surface area contributed by atoms with Gasteiger partial charge < -0.3 is 0 Å². The molecule has 3 heteroatoms. The first kappa shape index (κ1) is 9.45. The van der Waals surface area contributed by atoms with E-state index in [0.717, 1.165) is 5.56 Å². The molecule has 1 aromatic carbocycles. The summed E-state index contributed by atoms with van der Waals surface area (Å²) in [6.45, 7) is 1.78. The number of hydrogen-bond donors (Lipinski definition) is 0. The predicted molar refractivity (Wildman–Crippen MR) is 51.7 cm³/mol. The Balaban J connectivity index is 2.92. The van der Waals surface area contributed by atoms with Gasteiger partial charge in [-0.15, -0.1) is 0 Å². The second kappa shape index (κ2) is 4.40. The molecule has 0 saturated heterocycles. The van der Waals surface area contributed by atoms with E-state index in [-0.39, 0.29) is 10.6 Å². The number of benzene rings is 1. The third-order valence-corrected chi connectivity index (χ3v) is 1.73.